The van der Waals surface area contributed by atoms with E-state index in [0.717, 1.165) is 25.7 Å². The summed E-state index contributed by atoms with van der Waals surface area (Å²) in [6.07, 6.45) is 6.52. The molecule has 1 fully saturated rings. The highest BCUT2D eigenvalue weighted by molar-refractivity contribution is 6.36. The van der Waals surface area contributed by atoms with Crippen LogP contribution < -0.4 is 20.3 Å². The van der Waals surface area contributed by atoms with Crippen molar-refractivity contribution in [3.63, 3.8) is 0 Å². The van der Waals surface area contributed by atoms with Crippen LogP contribution in [0.5, 0.6) is 5.88 Å². The molecule has 2 aromatic heterocycles. The van der Waals surface area contributed by atoms with Gasteiger partial charge in [0.1, 0.15) is 29.5 Å². The number of hydrogen-bond acceptors (Lipinski definition) is 6. The zero-order valence-electron chi connectivity index (χ0n) is 22.4. The van der Waals surface area contributed by atoms with E-state index in [-0.39, 0.29) is 41.7 Å². The quantitative estimate of drug-likeness (QED) is 0.377. The van der Waals surface area contributed by atoms with Gasteiger partial charge >= 0.3 is 12.1 Å². The van der Waals surface area contributed by atoms with Gasteiger partial charge in [0, 0.05) is 34.9 Å². The number of hydrogen-bond donors (Lipinski definition) is 2. The summed E-state index contributed by atoms with van der Waals surface area (Å²) in [5.41, 5.74) is 0.953. The number of benzene rings is 1. The second-order valence-corrected chi connectivity index (χ2v) is 11.2. The van der Waals surface area contributed by atoms with Crippen molar-refractivity contribution < 1.29 is 23.5 Å². The van der Waals surface area contributed by atoms with E-state index in [2.05, 4.69) is 20.6 Å². The minimum absolute atomic E-state index is 0.102. The Kier molecular flexibility index (Phi) is 7.24. The van der Waals surface area contributed by atoms with E-state index in [1.807, 2.05) is 0 Å². The normalized spacial score (nSPS) is 15.6. The predicted octanol–water partition coefficient (Wildman–Crippen LogP) is 6.60. The van der Waals surface area contributed by atoms with Gasteiger partial charge in [0.05, 0.1) is 11.6 Å². The van der Waals surface area contributed by atoms with Gasteiger partial charge < -0.3 is 14.8 Å². The molecule has 206 valence electrons. The molecule has 0 spiro atoms. The Morgan fingerprint density at radius 3 is 2.62 bits per heavy atom. The summed E-state index contributed by atoms with van der Waals surface area (Å²) in [5, 5.41) is 6.60. The largest absolute Gasteiger partial charge is 0.474 e. The Balaban J connectivity index is 1.51. The Hall–Kier alpha value is -3.66. The molecule has 0 unspecified atom stereocenters. The molecular weight excluding hydrogens is 525 g/mol. The summed E-state index contributed by atoms with van der Waals surface area (Å²) in [7, 11) is 0. The summed E-state index contributed by atoms with van der Waals surface area (Å²) < 4.78 is 26.9. The van der Waals surface area contributed by atoms with Crippen molar-refractivity contribution in [3.05, 3.63) is 40.9 Å². The van der Waals surface area contributed by atoms with Crippen LogP contribution in [0, 0.1) is 12.7 Å². The number of rotatable bonds is 3. The Bertz CT molecular complexity index is 1450. The highest BCUT2D eigenvalue weighted by Gasteiger charge is 2.32. The number of carbonyl (C=O) groups is 2. The minimum atomic E-state index is -0.694. The van der Waals surface area contributed by atoms with Gasteiger partial charge in [-0.15, -0.1) is 0 Å². The van der Waals surface area contributed by atoms with Crippen molar-refractivity contribution in [1.29, 1.82) is 0 Å². The second kappa shape index (κ2) is 10.5. The second-order valence-electron chi connectivity index (χ2n) is 10.9. The number of nitrogens with zero attached hydrogens (tertiary/aromatic N) is 3. The number of halogens is 2. The van der Waals surface area contributed by atoms with Gasteiger partial charge in [0.2, 0.25) is 5.88 Å². The Morgan fingerprint density at radius 2 is 1.90 bits per heavy atom. The average molecular weight is 556 g/mol. The molecule has 5 rings (SSSR count). The number of urea groups is 1. The van der Waals surface area contributed by atoms with E-state index in [1.165, 1.54) is 17.3 Å². The van der Waals surface area contributed by atoms with Crippen LogP contribution in [0.4, 0.5) is 25.5 Å². The lowest BCUT2D eigenvalue weighted by Gasteiger charge is -2.32. The number of nitrogens with one attached hydrogen (secondary N) is 2. The third-order valence-corrected chi connectivity index (χ3v) is 7.20. The first kappa shape index (κ1) is 26.9. The monoisotopic (exact) mass is 555 g/mol. The maximum Gasteiger partial charge on any atom is 0.415 e. The summed E-state index contributed by atoms with van der Waals surface area (Å²) >= 11 is 6.46. The fourth-order valence-electron chi connectivity index (χ4n) is 5.01. The molecule has 0 saturated heterocycles. The highest BCUT2D eigenvalue weighted by atomic mass is 35.5. The van der Waals surface area contributed by atoms with Crippen molar-refractivity contribution in [2.75, 3.05) is 23.4 Å². The minimum Gasteiger partial charge on any atom is -0.474 e. The molecule has 1 aliphatic carbocycles. The third kappa shape index (κ3) is 5.56. The smallest absolute Gasteiger partial charge is 0.415 e. The lowest BCUT2D eigenvalue weighted by atomic mass is 9.97. The molecule has 3 amide bonds. The first-order valence-corrected chi connectivity index (χ1v) is 13.4. The molecule has 0 atom stereocenters. The van der Waals surface area contributed by atoms with E-state index in [9.17, 15) is 9.59 Å². The number of carbonyl (C=O) groups excluding carboxylic acids is 2. The summed E-state index contributed by atoms with van der Waals surface area (Å²) in [6, 6.07) is 3.11. The predicted molar refractivity (Wildman–Crippen MR) is 148 cm³/mol. The molecule has 1 saturated carbocycles. The van der Waals surface area contributed by atoms with Crippen molar-refractivity contribution in [2.24, 2.45) is 0 Å². The molecule has 9 nitrogen and oxygen atoms in total. The molecule has 0 radical (unpaired) electrons. The van der Waals surface area contributed by atoms with Gasteiger partial charge in [-0.25, -0.2) is 23.9 Å². The van der Waals surface area contributed by atoms with Crippen LogP contribution in [-0.2, 0) is 4.74 Å². The van der Waals surface area contributed by atoms with Crippen LogP contribution >= 0.6 is 11.6 Å². The molecule has 2 aliphatic rings. The highest BCUT2D eigenvalue weighted by Crippen LogP contribution is 2.42. The van der Waals surface area contributed by atoms with Crippen molar-refractivity contribution >= 4 is 46.0 Å². The Morgan fingerprint density at radius 1 is 1.15 bits per heavy atom. The third-order valence-electron chi connectivity index (χ3n) is 6.83. The summed E-state index contributed by atoms with van der Waals surface area (Å²) in [5.74, 6) is -0.0583. The maximum atomic E-state index is 15.6. The molecule has 3 heterocycles. The van der Waals surface area contributed by atoms with Crippen LogP contribution in [0.3, 0.4) is 0 Å². The number of anilines is 2. The molecule has 2 N–H and O–H groups in total. The lowest BCUT2D eigenvalue weighted by Crippen LogP contribution is -2.42. The molecule has 0 bridgehead atoms. The maximum absolute atomic E-state index is 15.6. The standard InChI is InChI=1S/C28H31ClFN5O4/c1-15-19(13-32-25-24(15)35(9-10-38-25)27(37)39-28(2,3)4)18-11-16-12-21(31-14-20(16)22(29)23(18)30)34-26(36)33-17-7-5-6-8-17/h11-14,17H,5-10H2,1-4H3,(H2,31,33,34,36). The fourth-order valence-corrected chi connectivity index (χ4v) is 5.27. The van der Waals surface area contributed by atoms with Crippen LogP contribution in [0.2, 0.25) is 5.02 Å². The van der Waals surface area contributed by atoms with Crippen LogP contribution in [0.15, 0.2) is 24.5 Å². The SMILES string of the molecule is Cc1c(-c2cc3cc(NC(=O)NC4CCCC4)ncc3c(Cl)c2F)cnc2c1N(C(=O)OC(C)(C)C)CCO2. The van der Waals surface area contributed by atoms with Gasteiger partial charge in [-0.05, 0) is 63.6 Å². The van der Waals surface area contributed by atoms with Crippen LogP contribution in [0.25, 0.3) is 21.9 Å². The molecule has 1 aliphatic heterocycles. The average Bonchev–Trinajstić information content (AvgIpc) is 3.38. The van der Waals surface area contributed by atoms with Gasteiger partial charge in [0.15, 0.2) is 0 Å². The topological polar surface area (TPSA) is 106 Å². The zero-order valence-corrected chi connectivity index (χ0v) is 23.1. The van der Waals surface area contributed by atoms with Gasteiger partial charge in [-0.1, -0.05) is 24.4 Å². The van der Waals surface area contributed by atoms with E-state index < -0.39 is 17.5 Å². The number of fused-ring (bicyclic) bond motifs is 2. The van der Waals surface area contributed by atoms with Gasteiger partial charge in [-0.2, -0.15) is 0 Å². The lowest BCUT2D eigenvalue weighted by molar-refractivity contribution is 0.0566. The number of ether oxygens (including phenoxy) is 2. The number of amides is 3. The van der Waals surface area contributed by atoms with E-state index in [1.54, 1.807) is 39.8 Å². The van der Waals surface area contributed by atoms with E-state index in [4.69, 9.17) is 21.1 Å². The van der Waals surface area contributed by atoms with Crippen molar-refractivity contribution in [3.8, 4) is 17.0 Å². The van der Waals surface area contributed by atoms with Crippen LogP contribution in [-0.4, -0.2) is 46.9 Å². The first-order chi connectivity index (χ1) is 18.5. The summed E-state index contributed by atoms with van der Waals surface area (Å²) in [6.45, 7) is 7.65. The fraction of sp³-hybridized carbons (Fsp3) is 0.429. The van der Waals surface area contributed by atoms with E-state index in [0.29, 0.717) is 33.4 Å². The molecule has 11 heteroatoms. The molecule has 1 aromatic carbocycles. The van der Waals surface area contributed by atoms with E-state index >= 15 is 4.39 Å². The zero-order chi connectivity index (χ0) is 27.9. The summed E-state index contributed by atoms with van der Waals surface area (Å²) in [4.78, 5) is 35.5. The number of pyridine rings is 2. The van der Waals surface area contributed by atoms with Gasteiger partial charge in [-0.3, -0.25) is 10.2 Å². The Labute approximate surface area is 231 Å². The first-order valence-electron chi connectivity index (χ1n) is 13.0. The molecule has 39 heavy (non-hydrogen) atoms. The van der Waals surface area contributed by atoms with Crippen molar-refractivity contribution in [2.45, 2.75) is 65.0 Å². The molecular formula is C28H31ClFN5O4. The number of aromatic nitrogens is 2. The molecule has 3 aromatic rings. The van der Waals surface area contributed by atoms with Crippen molar-refractivity contribution in [1.82, 2.24) is 15.3 Å². The van der Waals surface area contributed by atoms with Gasteiger partial charge in [0.25, 0.3) is 0 Å². The van der Waals surface area contributed by atoms with Crippen LogP contribution in [0.1, 0.15) is 52.0 Å².